The maximum absolute atomic E-state index is 10.6. The van der Waals surface area contributed by atoms with E-state index in [0.29, 0.717) is 12.5 Å². The Bertz CT molecular complexity index is 949. The lowest BCUT2D eigenvalue weighted by Crippen LogP contribution is -2.23. The van der Waals surface area contributed by atoms with Crippen molar-refractivity contribution >= 4 is 34.8 Å². The van der Waals surface area contributed by atoms with Gasteiger partial charge in [-0.15, -0.1) is 0 Å². The number of amides is 1. The van der Waals surface area contributed by atoms with Gasteiger partial charge in [-0.2, -0.15) is 4.98 Å². The van der Waals surface area contributed by atoms with E-state index in [1.807, 2.05) is 36.4 Å². The highest BCUT2D eigenvalue weighted by Crippen LogP contribution is 2.30. The van der Waals surface area contributed by atoms with Crippen LogP contribution in [0.3, 0.4) is 0 Å². The third-order valence-electron chi connectivity index (χ3n) is 5.10. The molecule has 1 fully saturated rings. The van der Waals surface area contributed by atoms with Crippen molar-refractivity contribution in [2.45, 2.75) is 38.1 Å². The molecule has 4 rings (SSSR count). The molecule has 0 atom stereocenters. The molecule has 0 radical (unpaired) electrons. The first-order valence-corrected chi connectivity index (χ1v) is 9.37. The van der Waals surface area contributed by atoms with Crippen molar-refractivity contribution < 1.29 is 4.79 Å². The Kier molecular flexibility index (Phi) is 4.87. The summed E-state index contributed by atoms with van der Waals surface area (Å²) in [5, 5.41) is 7.22. The Hall–Kier alpha value is -3.15. The summed E-state index contributed by atoms with van der Waals surface area (Å²) >= 11 is 0. The van der Waals surface area contributed by atoms with E-state index in [2.05, 4.69) is 26.7 Å². The zero-order valence-electron chi connectivity index (χ0n) is 15.1. The van der Waals surface area contributed by atoms with Crippen LogP contribution in [-0.2, 0) is 4.79 Å². The van der Waals surface area contributed by atoms with Crippen molar-refractivity contribution in [2.24, 2.45) is 0 Å². The third kappa shape index (κ3) is 3.84. The molecule has 3 aromatic rings. The van der Waals surface area contributed by atoms with E-state index >= 15 is 0 Å². The molecule has 27 heavy (non-hydrogen) atoms. The first-order chi connectivity index (χ1) is 13.2. The molecule has 0 aliphatic heterocycles. The molecule has 6 heteroatoms. The van der Waals surface area contributed by atoms with E-state index < -0.39 is 0 Å². The van der Waals surface area contributed by atoms with Crippen molar-refractivity contribution in [3.63, 3.8) is 0 Å². The lowest BCUT2D eigenvalue weighted by molar-refractivity contribution is -0.105. The fourth-order valence-electron chi connectivity index (χ4n) is 3.70. The summed E-state index contributed by atoms with van der Waals surface area (Å²) in [7, 11) is 0. The van der Waals surface area contributed by atoms with Gasteiger partial charge in [0, 0.05) is 17.1 Å². The van der Waals surface area contributed by atoms with Crippen molar-refractivity contribution in [3.8, 4) is 11.1 Å². The fraction of sp³-hybridized carbons (Fsp3) is 0.286. The number of benzene rings is 2. The fourth-order valence-corrected chi connectivity index (χ4v) is 3.70. The summed E-state index contributed by atoms with van der Waals surface area (Å²) in [6, 6.07) is 14.3. The molecule has 0 spiro atoms. The minimum absolute atomic E-state index is 0.290. The first-order valence-electron chi connectivity index (χ1n) is 9.37. The van der Waals surface area contributed by atoms with Crippen LogP contribution >= 0.6 is 0 Å². The van der Waals surface area contributed by atoms with E-state index in [-0.39, 0.29) is 5.95 Å². The van der Waals surface area contributed by atoms with Crippen molar-refractivity contribution in [3.05, 3.63) is 42.5 Å². The number of hydrogen-bond acceptors (Lipinski definition) is 5. The van der Waals surface area contributed by atoms with Crippen molar-refractivity contribution in [1.82, 2.24) is 9.97 Å². The van der Waals surface area contributed by atoms with Gasteiger partial charge in [0.1, 0.15) is 5.82 Å². The first kappa shape index (κ1) is 17.3. The van der Waals surface area contributed by atoms with E-state index in [1.165, 1.54) is 19.3 Å². The lowest BCUT2D eigenvalue weighted by atomic mass is 9.95. The SMILES string of the molecule is Nc1nc(NC2CCCCC2)c2cc(-c3ccc(NC=O)cc3)ccc2n1. The van der Waals surface area contributed by atoms with Crippen LogP contribution in [0.25, 0.3) is 22.0 Å². The molecule has 0 saturated heterocycles. The van der Waals surface area contributed by atoms with Gasteiger partial charge in [-0.05, 0) is 48.2 Å². The smallest absolute Gasteiger partial charge is 0.222 e. The number of carbonyl (C=O) groups is 1. The monoisotopic (exact) mass is 361 g/mol. The molecule has 1 amide bonds. The van der Waals surface area contributed by atoms with Gasteiger partial charge < -0.3 is 16.4 Å². The highest BCUT2D eigenvalue weighted by molar-refractivity contribution is 5.93. The average Bonchev–Trinajstić information content (AvgIpc) is 2.69. The number of nitrogens with zero attached hydrogens (tertiary/aromatic N) is 2. The molecular weight excluding hydrogens is 338 g/mol. The number of rotatable bonds is 5. The maximum atomic E-state index is 10.6. The summed E-state index contributed by atoms with van der Waals surface area (Å²) in [6.45, 7) is 0. The molecule has 1 aliphatic carbocycles. The Morgan fingerprint density at radius 3 is 2.44 bits per heavy atom. The van der Waals surface area contributed by atoms with Crippen LogP contribution in [0.1, 0.15) is 32.1 Å². The highest BCUT2D eigenvalue weighted by atomic mass is 16.1. The summed E-state index contributed by atoms with van der Waals surface area (Å²) in [4.78, 5) is 19.4. The van der Waals surface area contributed by atoms with Gasteiger partial charge >= 0.3 is 0 Å². The lowest BCUT2D eigenvalue weighted by Gasteiger charge is -2.24. The van der Waals surface area contributed by atoms with Gasteiger partial charge in [0.05, 0.1) is 5.52 Å². The molecule has 1 heterocycles. The van der Waals surface area contributed by atoms with Gasteiger partial charge in [-0.1, -0.05) is 37.5 Å². The summed E-state index contributed by atoms with van der Waals surface area (Å²) in [6.07, 6.45) is 6.82. The molecule has 1 aromatic heterocycles. The van der Waals surface area contributed by atoms with Crippen molar-refractivity contribution in [2.75, 3.05) is 16.4 Å². The quantitative estimate of drug-likeness (QED) is 0.593. The molecule has 0 bridgehead atoms. The topological polar surface area (TPSA) is 92.9 Å². The van der Waals surface area contributed by atoms with E-state index in [0.717, 1.165) is 46.4 Å². The van der Waals surface area contributed by atoms with Crippen LogP contribution in [0.5, 0.6) is 0 Å². The number of hydrogen-bond donors (Lipinski definition) is 3. The number of fused-ring (bicyclic) bond motifs is 1. The largest absolute Gasteiger partial charge is 0.368 e. The van der Waals surface area contributed by atoms with E-state index in [1.54, 1.807) is 0 Å². The molecule has 1 saturated carbocycles. The zero-order valence-corrected chi connectivity index (χ0v) is 15.1. The van der Waals surface area contributed by atoms with E-state index in [4.69, 9.17) is 5.73 Å². The number of nitrogens with one attached hydrogen (secondary N) is 2. The van der Waals surface area contributed by atoms with Gasteiger partial charge in [0.2, 0.25) is 12.4 Å². The predicted octanol–water partition coefficient (Wildman–Crippen LogP) is 4.19. The Balaban J connectivity index is 1.70. The van der Waals surface area contributed by atoms with Gasteiger partial charge in [-0.3, -0.25) is 4.79 Å². The Labute approximate surface area is 158 Å². The number of nitrogens with two attached hydrogens (primary N) is 1. The number of carbonyl (C=O) groups excluding carboxylic acids is 1. The van der Waals surface area contributed by atoms with Crippen LogP contribution in [0.4, 0.5) is 17.5 Å². The number of nitrogen functional groups attached to an aromatic ring is 1. The summed E-state index contributed by atoms with van der Waals surface area (Å²) in [5.41, 5.74) is 9.67. The van der Waals surface area contributed by atoms with Gasteiger partial charge in [0.25, 0.3) is 0 Å². The molecule has 4 N–H and O–H groups in total. The van der Waals surface area contributed by atoms with Crippen LogP contribution in [0, 0.1) is 0 Å². The zero-order chi connectivity index (χ0) is 18.6. The highest BCUT2D eigenvalue weighted by Gasteiger charge is 2.16. The van der Waals surface area contributed by atoms with Crippen LogP contribution in [0.15, 0.2) is 42.5 Å². The van der Waals surface area contributed by atoms with Gasteiger partial charge in [-0.25, -0.2) is 4.98 Å². The Morgan fingerprint density at radius 2 is 1.70 bits per heavy atom. The molecule has 6 nitrogen and oxygen atoms in total. The van der Waals surface area contributed by atoms with E-state index in [9.17, 15) is 4.79 Å². The number of aromatic nitrogens is 2. The minimum Gasteiger partial charge on any atom is -0.368 e. The van der Waals surface area contributed by atoms with Crippen LogP contribution in [0.2, 0.25) is 0 Å². The summed E-state index contributed by atoms with van der Waals surface area (Å²) < 4.78 is 0. The Morgan fingerprint density at radius 1 is 0.963 bits per heavy atom. The molecule has 138 valence electrons. The van der Waals surface area contributed by atoms with Crippen LogP contribution < -0.4 is 16.4 Å². The molecule has 1 aliphatic rings. The normalized spacial score (nSPS) is 14.8. The molecule has 0 unspecified atom stereocenters. The summed E-state index contributed by atoms with van der Waals surface area (Å²) in [5.74, 6) is 1.10. The maximum Gasteiger partial charge on any atom is 0.222 e. The average molecular weight is 361 g/mol. The molecular formula is C21H23N5O. The predicted molar refractivity (Wildman–Crippen MR) is 110 cm³/mol. The molecule has 2 aromatic carbocycles. The number of anilines is 3. The van der Waals surface area contributed by atoms with Gasteiger partial charge in [0.15, 0.2) is 0 Å². The van der Waals surface area contributed by atoms with Crippen molar-refractivity contribution in [1.29, 1.82) is 0 Å². The second-order valence-electron chi connectivity index (χ2n) is 6.98. The minimum atomic E-state index is 0.290. The standard InChI is InChI=1S/C21H23N5O/c22-21-25-19-11-8-15(14-6-9-16(10-7-14)23-13-27)12-18(19)20(26-21)24-17-4-2-1-3-5-17/h6-13,17H,1-5H2,(H,23,27)(H3,22,24,25,26). The second kappa shape index (κ2) is 7.61. The second-order valence-corrected chi connectivity index (χ2v) is 6.98. The third-order valence-corrected chi connectivity index (χ3v) is 5.10. The van der Waals surface area contributed by atoms with Crippen LogP contribution in [-0.4, -0.2) is 22.4 Å².